The van der Waals surface area contributed by atoms with E-state index in [2.05, 4.69) is 24.0 Å². The average molecular weight is 219 g/mol. The smallest absolute Gasteiger partial charge is 0.0636 e. The summed E-state index contributed by atoms with van der Waals surface area (Å²) in [6.07, 6.45) is 3.61. The maximum atomic E-state index is 9.29. The van der Waals surface area contributed by atoms with Gasteiger partial charge in [-0.2, -0.15) is 0 Å². The Bertz CT molecular complexity index is 295. The highest BCUT2D eigenvalue weighted by atomic mass is 16.3. The number of allylic oxidation sites excluding steroid dienone is 1. The van der Waals surface area contributed by atoms with Gasteiger partial charge in [-0.3, -0.25) is 0 Å². The van der Waals surface area contributed by atoms with E-state index in [1.165, 1.54) is 5.56 Å². The van der Waals surface area contributed by atoms with Gasteiger partial charge in [0.15, 0.2) is 0 Å². The summed E-state index contributed by atoms with van der Waals surface area (Å²) in [5.74, 6) is 0. The molecule has 0 aliphatic heterocycles. The molecule has 1 aromatic rings. The lowest BCUT2D eigenvalue weighted by Crippen LogP contribution is -2.28. The molecule has 0 aliphatic rings. The average Bonchev–Trinajstić information content (AvgIpc) is 2.30. The zero-order valence-electron chi connectivity index (χ0n) is 9.89. The first-order valence-corrected chi connectivity index (χ1v) is 5.81. The third-order valence-corrected chi connectivity index (χ3v) is 2.52. The minimum Gasteiger partial charge on any atom is -0.392 e. The molecule has 88 valence electrons. The lowest BCUT2D eigenvalue weighted by Gasteiger charge is -2.19. The van der Waals surface area contributed by atoms with E-state index in [0.717, 1.165) is 12.8 Å². The molecule has 0 aliphatic carbocycles. The molecule has 0 spiro atoms. The van der Waals surface area contributed by atoms with Crippen LogP contribution < -0.4 is 5.32 Å². The summed E-state index contributed by atoms with van der Waals surface area (Å²) >= 11 is 0. The van der Waals surface area contributed by atoms with E-state index in [1.54, 1.807) is 6.92 Å². The number of hydrogen-bond donors (Lipinski definition) is 2. The van der Waals surface area contributed by atoms with Gasteiger partial charge >= 0.3 is 0 Å². The summed E-state index contributed by atoms with van der Waals surface area (Å²) in [6.45, 7) is 6.16. The molecule has 0 amide bonds. The van der Waals surface area contributed by atoms with Crippen molar-refractivity contribution >= 4 is 0 Å². The molecule has 0 fully saturated rings. The zero-order valence-corrected chi connectivity index (χ0v) is 9.89. The highest BCUT2D eigenvalue weighted by molar-refractivity contribution is 5.18. The largest absolute Gasteiger partial charge is 0.392 e. The lowest BCUT2D eigenvalue weighted by molar-refractivity contribution is 0.185. The van der Waals surface area contributed by atoms with Crippen molar-refractivity contribution in [3.63, 3.8) is 0 Å². The van der Waals surface area contributed by atoms with E-state index in [9.17, 15) is 5.11 Å². The second-order valence-corrected chi connectivity index (χ2v) is 4.09. The molecule has 0 heterocycles. The van der Waals surface area contributed by atoms with Crippen molar-refractivity contribution in [1.82, 2.24) is 5.32 Å². The Kier molecular flexibility index (Phi) is 5.83. The normalized spacial score (nSPS) is 14.4. The molecule has 0 saturated carbocycles. The molecule has 2 unspecified atom stereocenters. The molecule has 2 atom stereocenters. The van der Waals surface area contributed by atoms with Crippen LogP contribution in [0.1, 0.15) is 31.4 Å². The van der Waals surface area contributed by atoms with Crippen molar-refractivity contribution < 1.29 is 5.11 Å². The first-order valence-electron chi connectivity index (χ1n) is 5.81. The molecule has 0 bridgehead atoms. The van der Waals surface area contributed by atoms with Gasteiger partial charge in [-0.1, -0.05) is 36.4 Å². The second kappa shape index (κ2) is 7.20. The predicted molar refractivity (Wildman–Crippen MR) is 68.3 cm³/mol. The fourth-order valence-electron chi connectivity index (χ4n) is 1.67. The van der Waals surface area contributed by atoms with E-state index >= 15 is 0 Å². The maximum Gasteiger partial charge on any atom is 0.0636 e. The van der Waals surface area contributed by atoms with E-state index in [4.69, 9.17) is 0 Å². The molecule has 16 heavy (non-hydrogen) atoms. The summed E-state index contributed by atoms with van der Waals surface area (Å²) in [4.78, 5) is 0. The van der Waals surface area contributed by atoms with Crippen LogP contribution in [-0.2, 0) is 0 Å². The van der Waals surface area contributed by atoms with Crippen LogP contribution in [0.25, 0.3) is 0 Å². The number of nitrogens with one attached hydrogen (secondary N) is 1. The van der Waals surface area contributed by atoms with Crippen molar-refractivity contribution in [1.29, 1.82) is 0 Å². The van der Waals surface area contributed by atoms with E-state index in [0.29, 0.717) is 12.6 Å². The Morgan fingerprint density at radius 3 is 2.62 bits per heavy atom. The van der Waals surface area contributed by atoms with Crippen LogP contribution in [0.3, 0.4) is 0 Å². The van der Waals surface area contributed by atoms with Crippen LogP contribution in [0.4, 0.5) is 0 Å². The van der Waals surface area contributed by atoms with Crippen LogP contribution in [0.2, 0.25) is 0 Å². The highest BCUT2D eigenvalue weighted by Gasteiger charge is 2.10. The van der Waals surface area contributed by atoms with Gasteiger partial charge in [0.1, 0.15) is 0 Å². The monoisotopic (exact) mass is 219 g/mol. The summed E-state index contributed by atoms with van der Waals surface area (Å²) in [5, 5.41) is 12.7. The third kappa shape index (κ3) is 4.60. The fraction of sp³-hybridized carbons (Fsp3) is 0.429. The van der Waals surface area contributed by atoms with E-state index < -0.39 is 0 Å². The van der Waals surface area contributed by atoms with Crippen molar-refractivity contribution in [2.45, 2.75) is 31.9 Å². The lowest BCUT2D eigenvalue weighted by atomic mass is 10.0. The van der Waals surface area contributed by atoms with Gasteiger partial charge in [-0.25, -0.2) is 0 Å². The highest BCUT2D eigenvalue weighted by Crippen LogP contribution is 2.18. The van der Waals surface area contributed by atoms with Gasteiger partial charge in [0, 0.05) is 12.6 Å². The molecule has 0 radical (unpaired) electrons. The zero-order chi connectivity index (χ0) is 11.8. The topological polar surface area (TPSA) is 32.3 Å². The van der Waals surface area contributed by atoms with Crippen LogP contribution in [0, 0.1) is 0 Å². The van der Waals surface area contributed by atoms with Crippen molar-refractivity contribution in [2.24, 2.45) is 0 Å². The molecule has 0 aromatic heterocycles. The van der Waals surface area contributed by atoms with Crippen molar-refractivity contribution in [3.05, 3.63) is 48.6 Å². The SMILES string of the molecule is C=CCCC(NCC(C)O)c1ccccc1. The first kappa shape index (κ1) is 12.9. The first-order chi connectivity index (χ1) is 7.74. The maximum absolute atomic E-state index is 9.29. The molecular formula is C14H21NO. The quantitative estimate of drug-likeness (QED) is 0.691. The molecular weight excluding hydrogens is 198 g/mol. The van der Waals surface area contributed by atoms with Crippen LogP contribution in [-0.4, -0.2) is 17.8 Å². The number of rotatable bonds is 7. The van der Waals surface area contributed by atoms with E-state index in [1.807, 2.05) is 24.3 Å². The number of aliphatic hydroxyl groups is 1. The summed E-state index contributed by atoms with van der Waals surface area (Å²) < 4.78 is 0. The Morgan fingerprint density at radius 1 is 1.38 bits per heavy atom. The molecule has 1 aromatic carbocycles. The number of benzene rings is 1. The molecule has 2 nitrogen and oxygen atoms in total. The summed E-state index contributed by atoms with van der Waals surface area (Å²) in [6, 6.07) is 10.6. The fourth-order valence-corrected chi connectivity index (χ4v) is 1.67. The third-order valence-electron chi connectivity index (χ3n) is 2.52. The number of aliphatic hydroxyl groups excluding tert-OH is 1. The minimum atomic E-state index is -0.310. The van der Waals surface area contributed by atoms with Crippen LogP contribution in [0.5, 0.6) is 0 Å². The van der Waals surface area contributed by atoms with Crippen molar-refractivity contribution in [2.75, 3.05) is 6.54 Å². The standard InChI is InChI=1S/C14H21NO/c1-3-4-10-14(15-11-12(2)16)13-8-6-5-7-9-13/h3,5-9,12,14-16H,1,4,10-11H2,2H3. The number of hydrogen-bond acceptors (Lipinski definition) is 2. The minimum absolute atomic E-state index is 0.300. The Morgan fingerprint density at radius 2 is 2.06 bits per heavy atom. The molecule has 2 N–H and O–H groups in total. The Balaban J connectivity index is 2.59. The molecule has 1 rings (SSSR count). The Labute approximate surface area is 98.0 Å². The van der Waals surface area contributed by atoms with Gasteiger partial charge in [0.05, 0.1) is 6.10 Å². The summed E-state index contributed by atoms with van der Waals surface area (Å²) in [5.41, 5.74) is 1.27. The molecule has 0 saturated heterocycles. The predicted octanol–water partition coefficient (Wildman–Crippen LogP) is 2.66. The van der Waals surface area contributed by atoms with Crippen LogP contribution >= 0.6 is 0 Å². The Hall–Kier alpha value is -1.12. The van der Waals surface area contributed by atoms with Gasteiger partial charge in [0.25, 0.3) is 0 Å². The van der Waals surface area contributed by atoms with Gasteiger partial charge in [-0.15, -0.1) is 6.58 Å². The van der Waals surface area contributed by atoms with Crippen molar-refractivity contribution in [3.8, 4) is 0 Å². The summed E-state index contributed by atoms with van der Waals surface area (Å²) in [7, 11) is 0. The van der Waals surface area contributed by atoms with Gasteiger partial charge in [0.2, 0.25) is 0 Å². The van der Waals surface area contributed by atoms with Gasteiger partial charge < -0.3 is 10.4 Å². The second-order valence-electron chi connectivity index (χ2n) is 4.09. The van der Waals surface area contributed by atoms with E-state index in [-0.39, 0.29) is 6.10 Å². The molecule has 2 heteroatoms. The van der Waals surface area contributed by atoms with Gasteiger partial charge in [-0.05, 0) is 25.3 Å². The van der Waals surface area contributed by atoms with Crippen LogP contribution in [0.15, 0.2) is 43.0 Å².